The molecular formula is C16H17ClN2O3S2. The first-order chi connectivity index (χ1) is 11.3. The van der Waals surface area contributed by atoms with Crippen LogP contribution in [0, 0.1) is 0 Å². The summed E-state index contributed by atoms with van der Waals surface area (Å²) in [5, 5.41) is 3.13. The van der Waals surface area contributed by atoms with E-state index in [1.54, 1.807) is 23.9 Å². The Kier molecular flexibility index (Phi) is 6.28. The van der Waals surface area contributed by atoms with Crippen molar-refractivity contribution in [3.05, 3.63) is 53.6 Å². The number of likely N-dealkylation sites (N-methyl/N-ethyl adjacent to an activating group) is 1. The van der Waals surface area contributed by atoms with E-state index in [9.17, 15) is 13.2 Å². The molecule has 0 aliphatic carbocycles. The third kappa shape index (κ3) is 4.73. The maximum atomic E-state index is 12.4. The molecule has 0 aliphatic rings. The number of sulfonamides is 1. The molecule has 0 saturated carbocycles. The number of nitrogens with one attached hydrogen (secondary N) is 1. The molecule has 0 aromatic heterocycles. The maximum absolute atomic E-state index is 12.4. The molecular weight excluding hydrogens is 368 g/mol. The first-order valence-electron chi connectivity index (χ1n) is 6.99. The van der Waals surface area contributed by atoms with Gasteiger partial charge in [-0.1, -0.05) is 11.6 Å². The SMILES string of the molecule is CSc1ccc(NC(=O)CN(C)S(=O)(=O)c2ccc(Cl)cc2)cc1. The molecule has 0 atom stereocenters. The van der Waals surface area contributed by atoms with Gasteiger partial charge in [0.2, 0.25) is 15.9 Å². The lowest BCUT2D eigenvalue weighted by atomic mass is 10.3. The molecule has 0 spiro atoms. The van der Waals surface area contributed by atoms with E-state index >= 15 is 0 Å². The van der Waals surface area contributed by atoms with E-state index in [4.69, 9.17) is 11.6 Å². The molecule has 2 aromatic carbocycles. The minimum absolute atomic E-state index is 0.0894. The zero-order valence-corrected chi connectivity index (χ0v) is 15.6. The van der Waals surface area contributed by atoms with Gasteiger partial charge < -0.3 is 5.32 Å². The predicted octanol–water partition coefficient (Wildman–Crippen LogP) is 3.32. The monoisotopic (exact) mass is 384 g/mol. The van der Waals surface area contributed by atoms with Gasteiger partial charge in [0, 0.05) is 22.7 Å². The topological polar surface area (TPSA) is 66.5 Å². The van der Waals surface area contributed by atoms with Gasteiger partial charge in [-0.15, -0.1) is 11.8 Å². The van der Waals surface area contributed by atoms with Crippen LogP contribution in [0.2, 0.25) is 5.02 Å². The fraction of sp³-hybridized carbons (Fsp3) is 0.188. The summed E-state index contributed by atoms with van der Waals surface area (Å²) in [6, 6.07) is 13.1. The van der Waals surface area contributed by atoms with E-state index in [-0.39, 0.29) is 11.4 Å². The van der Waals surface area contributed by atoms with Gasteiger partial charge in [0.15, 0.2) is 0 Å². The highest BCUT2D eigenvalue weighted by Crippen LogP contribution is 2.19. The minimum atomic E-state index is -3.74. The normalized spacial score (nSPS) is 11.5. The Hall–Kier alpha value is -1.54. The van der Waals surface area contributed by atoms with E-state index in [0.717, 1.165) is 9.20 Å². The van der Waals surface area contributed by atoms with Crippen molar-refractivity contribution in [3.63, 3.8) is 0 Å². The lowest BCUT2D eigenvalue weighted by Crippen LogP contribution is -2.34. The molecule has 24 heavy (non-hydrogen) atoms. The van der Waals surface area contributed by atoms with Crippen molar-refractivity contribution in [1.82, 2.24) is 4.31 Å². The molecule has 1 N–H and O–H groups in total. The van der Waals surface area contributed by atoms with Gasteiger partial charge in [0.1, 0.15) is 0 Å². The Morgan fingerprint density at radius 3 is 2.25 bits per heavy atom. The number of carbonyl (C=O) groups excluding carboxylic acids is 1. The lowest BCUT2D eigenvalue weighted by molar-refractivity contribution is -0.116. The van der Waals surface area contributed by atoms with Crippen molar-refractivity contribution in [3.8, 4) is 0 Å². The van der Waals surface area contributed by atoms with Crippen LogP contribution >= 0.6 is 23.4 Å². The second-order valence-corrected chi connectivity index (χ2v) is 8.35. The van der Waals surface area contributed by atoms with E-state index in [1.165, 1.54) is 31.3 Å². The van der Waals surface area contributed by atoms with E-state index in [2.05, 4.69) is 5.32 Å². The Morgan fingerprint density at radius 2 is 1.71 bits per heavy atom. The Labute approximate surface area is 151 Å². The zero-order chi connectivity index (χ0) is 17.7. The van der Waals surface area contributed by atoms with Crippen LogP contribution in [0.3, 0.4) is 0 Å². The standard InChI is InChI=1S/C16H17ClN2O3S2/c1-19(24(21,22)15-9-3-12(17)4-10-15)11-16(20)18-13-5-7-14(23-2)8-6-13/h3-10H,11H2,1-2H3,(H,18,20). The van der Waals surface area contributed by atoms with Crippen molar-refractivity contribution in [1.29, 1.82) is 0 Å². The third-order valence-electron chi connectivity index (χ3n) is 3.26. The summed E-state index contributed by atoms with van der Waals surface area (Å²) in [6.07, 6.45) is 1.96. The number of halogens is 1. The molecule has 8 heteroatoms. The van der Waals surface area contributed by atoms with Crippen LogP contribution in [0.25, 0.3) is 0 Å². The molecule has 0 heterocycles. The van der Waals surface area contributed by atoms with Crippen molar-refractivity contribution in [2.75, 3.05) is 25.2 Å². The van der Waals surface area contributed by atoms with Gasteiger partial charge in [0.05, 0.1) is 11.4 Å². The number of nitrogens with zero attached hydrogens (tertiary/aromatic N) is 1. The van der Waals surface area contributed by atoms with E-state index in [0.29, 0.717) is 10.7 Å². The number of rotatable bonds is 6. The number of carbonyl (C=O) groups is 1. The van der Waals surface area contributed by atoms with E-state index in [1.807, 2.05) is 18.4 Å². The highest BCUT2D eigenvalue weighted by atomic mass is 35.5. The molecule has 0 bridgehead atoms. The number of hydrogen-bond donors (Lipinski definition) is 1. The second-order valence-electron chi connectivity index (χ2n) is 4.99. The summed E-state index contributed by atoms with van der Waals surface area (Å²) in [5.74, 6) is -0.410. The molecule has 2 aromatic rings. The highest BCUT2D eigenvalue weighted by molar-refractivity contribution is 7.98. The summed E-state index contributed by atoms with van der Waals surface area (Å²) < 4.78 is 25.8. The molecule has 0 fully saturated rings. The van der Waals surface area contributed by atoms with Crippen LogP contribution in [0.1, 0.15) is 0 Å². The van der Waals surface area contributed by atoms with Gasteiger partial charge in [-0.3, -0.25) is 4.79 Å². The largest absolute Gasteiger partial charge is 0.325 e. The minimum Gasteiger partial charge on any atom is -0.325 e. The van der Waals surface area contributed by atoms with Gasteiger partial charge in [-0.25, -0.2) is 8.42 Å². The molecule has 0 unspecified atom stereocenters. The Bertz CT molecular complexity index is 806. The second kappa shape index (κ2) is 8.02. The van der Waals surface area contributed by atoms with Gasteiger partial charge in [-0.05, 0) is 54.8 Å². The molecule has 1 amide bonds. The summed E-state index contributed by atoms with van der Waals surface area (Å²) in [5.41, 5.74) is 0.620. The average molecular weight is 385 g/mol. The smallest absolute Gasteiger partial charge is 0.243 e. The first kappa shape index (κ1) is 18.8. The van der Waals surface area contributed by atoms with Crippen molar-refractivity contribution in [2.45, 2.75) is 9.79 Å². The van der Waals surface area contributed by atoms with Crippen molar-refractivity contribution >= 4 is 45.0 Å². The summed E-state index contributed by atoms with van der Waals surface area (Å²) in [4.78, 5) is 13.2. The summed E-state index contributed by atoms with van der Waals surface area (Å²) >= 11 is 7.36. The quantitative estimate of drug-likeness (QED) is 0.776. The van der Waals surface area contributed by atoms with Crippen molar-refractivity contribution < 1.29 is 13.2 Å². The van der Waals surface area contributed by atoms with Crippen LogP contribution in [-0.4, -0.2) is 38.5 Å². The van der Waals surface area contributed by atoms with Crippen LogP contribution in [0.4, 0.5) is 5.69 Å². The number of benzene rings is 2. The van der Waals surface area contributed by atoms with Crippen LogP contribution in [-0.2, 0) is 14.8 Å². The number of anilines is 1. The fourth-order valence-electron chi connectivity index (χ4n) is 1.95. The fourth-order valence-corrected chi connectivity index (χ4v) is 3.61. The number of amides is 1. The zero-order valence-electron chi connectivity index (χ0n) is 13.2. The molecule has 0 saturated heterocycles. The maximum Gasteiger partial charge on any atom is 0.243 e. The predicted molar refractivity (Wildman–Crippen MR) is 98.1 cm³/mol. The molecule has 0 aliphatic heterocycles. The number of hydrogen-bond acceptors (Lipinski definition) is 4. The highest BCUT2D eigenvalue weighted by Gasteiger charge is 2.22. The molecule has 5 nitrogen and oxygen atoms in total. The molecule has 2 rings (SSSR count). The Balaban J connectivity index is 2.03. The van der Waals surface area contributed by atoms with Gasteiger partial charge in [0.25, 0.3) is 0 Å². The van der Waals surface area contributed by atoms with Crippen LogP contribution < -0.4 is 5.32 Å². The van der Waals surface area contributed by atoms with Crippen LogP contribution in [0.15, 0.2) is 58.3 Å². The lowest BCUT2D eigenvalue weighted by Gasteiger charge is -2.17. The van der Waals surface area contributed by atoms with Crippen LogP contribution in [0.5, 0.6) is 0 Å². The summed E-state index contributed by atoms with van der Waals surface area (Å²) in [6.45, 7) is -0.283. The third-order valence-corrected chi connectivity index (χ3v) is 6.08. The van der Waals surface area contributed by atoms with Crippen molar-refractivity contribution in [2.24, 2.45) is 0 Å². The number of thioether (sulfide) groups is 1. The van der Waals surface area contributed by atoms with Gasteiger partial charge in [-0.2, -0.15) is 4.31 Å². The van der Waals surface area contributed by atoms with E-state index < -0.39 is 15.9 Å². The summed E-state index contributed by atoms with van der Waals surface area (Å²) in [7, 11) is -2.38. The molecule has 128 valence electrons. The average Bonchev–Trinajstić information content (AvgIpc) is 2.55. The first-order valence-corrected chi connectivity index (χ1v) is 10.0. The van der Waals surface area contributed by atoms with Gasteiger partial charge >= 0.3 is 0 Å². The molecule has 0 radical (unpaired) electrons. The Morgan fingerprint density at radius 1 is 1.12 bits per heavy atom.